The first-order valence-electron chi connectivity index (χ1n) is 14.1. The number of benzene rings is 5. The second-order valence-corrected chi connectivity index (χ2v) is 10.5. The maximum atomic E-state index is 13.9. The number of hydrogen-bond donors (Lipinski definition) is 0. The third-order valence-corrected chi connectivity index (χ3v) is 7.79. The van der Waals surface area contributed by atoms with Gasteiger partial charge in [-0.05, 0) is 35.4 Å². The molecule has 0 spiro atoms. The Morgan fingerprint density at radius 2 is 0.977 bits per heavy atom. The molecule has 5 heteroatoms. The second-order valence-electron chi connectivity index (χ2n) is 10.5. The number of aromatic nitrogens is 4. The minimum absolute atomic E-state index is 0.508. The third kappa shape index (κ3) is 4.57. The highest BCUT2D eigenvalue weighted by atomic mass is 19.1. The molecular weight excluding hydrogens is 531 g/mol. The Labute approximate surface area is 247 Å². The number of rotatable bonds is 4. The first-order valence-corrected chi connectivity index (χ1v) is 14.1. The quantitative estimate of drug-likeness (QED) is 0.161. The standard InChI is InChI=1S/C38H23FN4/c39-34-23-21-29-17-16-28-20-22-32(40-36(28)37(29)42-34)26-14-10-24(11-15-26)25-12-18-30(19-13-25)38-41-33-9-5-4-8-31(33)35(43-38)27-6-2-1-3-7-27/h1-23H. The van der Waals surface area contributed by atoms with Gasteiger partial charge in [-0.1, -0.05) is 115 Å². The van der Waals surface area contributed by atoms with Crippen molar-refractivity contribution in [3.63, 3.8) is 0 Å². The van der Waals surface area contributed by atoms with E-state index in [0.717, 1.165) is 60.9 Å². The molecule has 4 nitrogen and oxygen atoms in total. The molecule has 0 saturated heterocycles. The van der Waals surface area contributed by atoms with Crippen molar-refractivity contribution in [2.24, 2.45) is 0 Å². The van der Waals surface area contributed by atoms with Crippen LogP contribution in [-0.2, 0) is 0 Å². The van der Waals surface area contributed by atoms with Crippen LogP contribution in [0.5, 0.6) is 0 Å². The molecule has 8 rings (SSSR count). The summed E-state index contributed by atoms with van der Waals surface area (Å²) < 4.78 is 13.9. The lowest BCUT2D eigenvalue weighted by Gasteiger charge is -2.10. The van der Waals surface area contributed by atoms with Gasteiger partial charge in [-0.3, -0.25) is 0 Å². The van der Waals surface area contributed by atoms with Crippen LogP contribution in [0.2, 0.25) is 0 Å². The first kappa shape index (κ1) is 24.9. The Balaban J connectivity index is 1.11. The molecule has 0 unspecified atom stereocenters. The molecule has 0 atom stereocenters. The molecule has 0 radical (unpaired) electrons. The van der Waals surface area contributed by atoms with Crippen molar-refractivity contribution in [1.82, 2.24) is 19.9 Å². The summed E-state index contributed by atoms with van der Waals surface area (Å²) in [6.45, 7) is 0. The molecule has 0 aliphatic heterocycles. The van der Waals surface area contributed by atoms with Crippen molar-refractivity contribution >= 4 is 32.7 Å². The molecule has 0 aliphatic rings. The lowest BCUT2D eigenvalue weighted by molar-refractivity contribution is 0.589. The Morgan fingerprint density at radius 3 is 1.72 bits per heavy atom. The largest absolute Gasteiger partial charge is 0.245 e. The summed E-state index contributed by atoms with van der Waals surface area (Å²) in [5.74, 6) is 0.190. The Kier molecular flexibility index (Phi) is 5.93. The van der Waals surface area contributed by atoms with Gasteiger partial charge in [0.1, 0.15) is 0 Å². The first-order chi connectivity index (χ1) is 21.2. The number of pyridine rings is 2. The zero-order chi connectivity index (χ0) is 28.8. The third-order valence-electron chi connectivity index (χ3n) is 7.79. The lowest BCUT2D eigenvalue weighted by atomic mass is 10.0. The number of hydrogen-bond acceptors (Lipinski definition) is 4. The van der Waals surface area contributed by atoms with Crippen LogP contribution in [0.15, 0.2) is 140 Å². The minimum atomic E-state index is -0.508. The van der Waals surface area contributed by atoms with E-state index in [9.17, 15) is 4.39 Å². The fourth-order valence-electron chi connectivity index (χ4n) is 5.57. The van der Waals surface area contributed by atoms with Gasteiger partial charge in [0.05, 0.1) is 27.9 Å². The number of halogens is 1. The predicted octanol–water partition coefficient (Wildman–Crippen LogP) is 9.53. The van der Waals surface area contributed by atoms with Crippen LogP contribution >= 0.6 is 0 Å². The minimum Gasteiger partial charge on any atom is -0.245 e. The molecule has 8 aromatic rings. The van der Waals surface area contributed by atoms with E-state index in [1.807, 2.05) is 60.7 Å². The van der Waals surface area contributed by atoms with Gasteiger partial charge in [0.25, 0.3) is 0 Å². The van der Waals surface area contributed by atoms with Gasteiger partial charge in [0.2, 0.25) is 5.95 Å². The van der Waals surface area contributed by atoms with E-state index in [1.54, 1.807) is 6.07 Å². The molecule has 0 aliphatic carbocycles. The van der Waals surface area contributed by atoms with Gasteiger partial charge in [-0.2, -0.15) is 4.39 Å². The monoisotopic (exact) mass is 554 g/mol. The summed E-state index contributed by atoms with van der Waals surface area (Å²) in [6, 6.07) is 46.1. The molecule has 3 heterocycles. The molecule has 0 fully saturated rings. The summed E-state index contributed by atoms with van der Waals surface area (Å²) in [7, 11) is 0. The van der Waals surface area contributed by atoms with E-state index in [0.29, 0.717) is 16.9 Å². The highest BCUT2D eigenvalue weighted by molar-refractivity contribution is 6.03. The second kappa shape index (κ2) is 10.2. The Bertz CT molecular complexity index is 2280. The normalized spacial score (nSPS) is 11.4. The average molecular weight is 555 g/mol. The molecule has 0 amide bonds. The van der Waals surface area contributed by atoms with Gasteiger partial charge in [-0.15, -0.1) is 0 Å². The fraction of sp³-hybridized carbons (Fsp3) is 0. The lowest BCUT2D eigenvalue weighted by Crippen LogP contribution is -1.95. The highest BCUT2D eigenvalue weighted by Crippen LogP contribution is 2.31. The molecule has 0 bridgehead atoms. The van der Waals surface area contributed by atoms with Gasteiger partial charge < -0.3 is 0 Å². The van der Waals surface area contributed by atoms with Gasteiger partial charge in [-0.25, -0.2) is 19.9 Å². The highest BCUT2D eigenvalue weighted by Gasteiger charge is 2.12. The average Bonchev–Trinajstić information content (AvgIpc) is 3.08. The maximum absolute atomic E-state index is 13.9. The van der Waals surface area contributed by atoms with Crippen LogP contribution in [-0.4, -0.2) is 19.9 Å². The molecule has 43 heavy (non-hydrogen) atoms. The van der Waals surface area contributed by atoms with E-state index in [2.05, 4.69) is 71.7 Å². The summed E-state index contributed by atoms with van der Waals surface area (Å²) in [5, 5.41) is 2.83. The van der Waals surface area contributed by atoms with Gasteiger partial charge >= 0.3 is 0 Å². The molecule has 5 aromatic carbocycles. The fourth-order valence-corrected chi connectivity index (χ4v) is 5.57. The molecule has 202 valence electrons. The molecule has 3 aromatic heterocycles. The summed E-state index contributed by atoms with van der Waals surface area (Å²) in [6.07, 6.45) is 0. The van der Waals surface area contributed by atoms with Crippen LogP contribution < -0.4 is 0 Å². The summed E-state index contributed by atoms with van der Waals surface area (Å²) >= 11 is 0. The van der Waals surface area contributed by atoms with Crippen molar-refractivity contribution < 1.29 is 4.39 Å². The van der Waals surface area contributed by atoms with E-state index < -0.39 is 5.95 Å². The summed E-state index contributed by atoms with van der Waals surface area (Å²) in [5.41, 5.74) is 9.12. The Morgan fingerprint density at radius 1 is 0.395 bits per heavy atom. The topological polar surface area (TPSA) is 51.6 Å². The van der Waals surface area contributed by atoms with Crippen LogP contribution in [0.3, 0.4) is 0 Å². The van der Waals surface area contributed by atoms with Crippen LogP contribution in [0.4, 0.5) is 4.39 Å². The number of fused-ring (bicyclic) bond motifs is 4. The zero-order valence-corrected chi connectivity index (χ0v) is 22.9. The molecular formula is C38H23FN4. The van der Waals surface area contributed by atoms with Crippen molar-refractivity contribution in [2.75, 3.05) is 0 Å². The van der Waals surface area contributed by atoms with Crippen LogP contribution in [0.1, 0.15) is 0 Å². The molecule has 0 saturated carbocycles. The van der Waals surface area contributed by atoms with Crippen LogP contribution in [0, 0.1) is 5.95 Å². The molecule has 0 N–H and O–H groups in total. The van der Waals surface area contributed by atoms with Crippen molar-refractivity contribution in [3.05, 3.63) is 145 Å². The van der Waals surface area contributed by atoms with E-state index in [1.165, 1.54) is 6.07 Å². The zero-order valence-electron chi connectivity index (χ0n) is 22.9. The van der Waals surface area contributed by atoms with Crippen molar-refractivity contribution in [3.8, 4) is 45.0 Å². The SMILES string of the molecule is Fc1ccc2ccc3ccc(-c4ccc(-c5ccc(-c6nc(-c7ccccc7)c7ccccc7n6)cc5)cc4)nc3c2n1. The van der Waals surface area contributed by atoms with E-state index in [-0.39, 0.29) is 0 Å². The number of para-hydroxylation sites is 1. The predicted molar refractivity (Wildman–Crippen MR) is 172 cm³/mol. The smallest absolute Gasteiger partial charge is 0.213 e. The summed E-state index contributed by atoms with van der Waals surface area (Å²) in [4.78, 5) is 18.9. The van der Waals surface area contributed by atoms with E-state index >= 15 is 0 Å². The number of nitrogens with zero attached hydrogens (tertiary/aromatic N) is 4. The van der Waals surface area contributed by atoms with Gasteiger partial charge in [0.15, 0.2) is 5.82 Å². The van der Waals surface area contributed by atoms with E-state index in [4.69, 9.17) is 15.0 Å². The van der Waals surface area contributed by atoms with Crippen molar-refractivity contribution in [2.45, 2.75) is 0 Å². The van der Waals surface area contributed by atoms with Gasteiger partial charge in [0, 0.05) is 32.8 Å². The Hall–Kier alpha value is -5.81. The van der Waals surface area contributed by atoms with Crippen LogP contribution in [0.25, 0.3) is 77.7 Å². The van der Waals surface area contributed by atoms with Crippen molar-refractivity contribution in [1.29, 1.82) is 0 Å². The maximum Gasteiger partial charge on any atom is 0.213 e.